The van der Waals surface area contributed by atoms with E-state index in [1.165, 1.54) is 5.56 Å². The van der Waals surface area contributed by atoms with Crippen LogP contribution in [-0.4, -0.2) is 35.7 Å². The topological polar surface area (TPSA) is 96.7 Å². The smallest absolute Gasteiger partial charge is 0.299 e. The SMILES string of the molecule is C=CCCCn1ccnc1-c1nc(N)c2nc(OCC)n(Cc3cccc(CC=C)c3)c2n1. The van der Waals surface area contributed by atoms with Crippen LogP contribution in [0.4, 0.5) is 5.82 Å². The molecular formula is C25H29N7O. The van der Waals surface area contributed by atoms with Crippen molar-refractivity contribution >= 4 is 17.0 Å². The van der Waals surface area contributed by atoms with Crippen LogP contribution in [-0.2, 0) is 19.5 Å². The van der Waals surface area contributed by atoms with Crippen molar-refractivity contribution in [2.45, 2.75) is 39.3 Å². The molecule has 33 heavy (non-hydrogen) atoms. The van der Waals surface area contributed by atoms with E-state index in [1.54, 1.807) is 6.20 Å². The number of ether oxygens (including phenoxy) is 1. The fourth-order valence-electron chi connectivity index (χ4n) is 3.79. The van der Waals surface area contributed by atoms with Crippen LogP contribution in [0.25, 0.3) is 22.8 Å². The molecule has 0 bridgehead atoms. The van der Waals surface area contributed by atoms with Crippen molar-refractivity contribution < 1.29 is 4.74 Å². The number of rotatable bonds is 11. The molecule has 8 heteroatoms. The molecule has 4 aromatic rings. The number of nitrogen functional groups attached to an aromatic ring is 1. The Hall–Kier alpha value is -3.94. The van der Waals surface area contributed by atoms with Crippen LogP contribution in [0.15, 0.2) is 62.0 Å². The molecule has 3 aromatic heterocycles. The van der Waals surface area contributed by atoms with Crippen molar-refractivity contribution in [3.8, 4) is 17.7 Å². The van der Waals surface area contributed by atoms with E-state index in [1.807, 2.05) is 40.5 Å². The van der Waals surface area contributed by atoms with Crippen LogP contribution in [0, 0.1) is 0 Å². The number of imidazole rings is 2. The summed E-state index contributed by atoms with van der Waals surface area (Å²) in [4.78, 5) is 18.4. The van der Waals surface area contributed by atoms with Gasteiger partial charge in [-0.15, -0.1) is 13.2 Å². The Kier molecular flexibility index (Phi) is 6.83. The summed E-state index contributed by atoms with van der Waals surface area (Å²) in [5, 5.41) is 0. The molecule has 0 saturated heterocycles. The first-order valence-electron chi connectivity index (χ1n) is 11.1. The summed E-state index contributed by atoms with van der Waals surface area (Å²) in [6.45, 7) is 11.4. The van der Waals surface area contributed by atoms with Crippen molar-refractivity contribution in [2.24, 2.45) is 0 Å². The van der Waals surface area contributed by atoms with Gasteiger partial charge in [0.25, 0.3) is 6.01 Å². The van der Waals surface area contributed by atoms with Crippen molar-refractivity contribution in [1.29, 1.82) is 0 Å². The first-order valence-corrected chi connectivity index (χ1v) is 11.1. The molecule has 0 amide bonds. The highest BCUT2D eigenvalue weighted by Gasteiger charge is 2.20. The predicted octanol–water partition coefficient (Wildman–Crippen LogP) is 4.41. The largest absolute Gasteiger partial charge is 0.465 e. The first kappa shape index (κ1) is 22.3. The third-order valence-electron chi connectivity index (χ3n) is 5.29. The molecule has 0 saturated carbocycles. The Morgan fingerprint density at radius 3 is 2.76 bits per heavy atom. The van der Waals surface area contributed by atoms with Crippen molar-refractivity contribution in [2.75, 3.05) is 12.3 Å². The van der Waals surface area contributed by atoms with Crippen LogP contribution in [0.5, 0.6) is 6.01 Å². The van der Waals surface area contributed by atoms with E-state index in [4.69, 9.17) is 15.5 Å². The van der Waals surface area contributed by atoms with Crippen molar-refractivity contribution in [3.63, 3.8) is 0 Å². The van der Waals surface area contributed by atoms with Gasteiger partial charge in [0.15, 0.2) is 28.6 Å². The molecule has 0 aliphatic heterocycles. The van der Waals surface area contributed by atoms with Crippen LogP contribution in [0.2, 0.25) is 0 Å². The molecule has 0 spiro atoms. The minimum Gasteiger partial charge on any atom is -0.465 e. The average Bonchev–Trinajstić information content (AvgIpc) is 3.40. The van der Waals surface area contributed by atoms with Crippen molar-refractivity contribution in [3.05, 3.63) is 73.1 Å². The van der Waals surface area contributed by atoms with Gasteiger partial charge in [-0.2, -0.15) is 4.98 Å². The Morgan fingerprint density at radius 1 is 1.12 bits per heavy atom. The van der Waals surface area contributed by atoms with Gasteiger partial charge in [-0.3, -0.25) is 4.57 Å². The summed E-state index contributed by atoms with van der Waals surface area (Å²) in [7, 11) is 0. The van der Waals surface area contributed by atoms with Gasteiger partial charge in [-0.25, -0.2) is 15.0 Å². The number of nitrogens with zero attached hydrogens (tertiary/aromatic N) is 6. The minimum absolute atomic E-state index is 0.302. The number of hydrogen-bond donors (Lipinski definition) is 1. The summed E-state index contributed by atoms with van der Waals surface area (Å²) >= 11 is 0. The monoisotopic (exact) mass is 443 g/mol. The zero-order valence-corrected chi connectivity index (χ0v) is 18.9. The summed E-state index contributed by atoms with van der Waals surface area (Å²) in [6, 6.07) is 8.83. The lowest BCUT2D eigenvalue weighted by Crippen LogP contribution is -2.08. The summed E-state index contributed by atoms with van der Waals surface area (Å²) < 4.78 is 9.81. The molecule has 1 aromatic carbocycles. The second kappa shape index (κ2) is 10.1. The second-order valence-electron chi connectivity index (χ2n) is 7.71. The van der Waals surface area contributed by atoms with E-state index >= 15 is 0 Å². The van der Waals surface area contributed by atoms with Gasteiger partial charge in [0, 0.05) is 18.9 Å². The highest BCUT2D eigenvalue weighted by atomic mass is 16.5. The summed E-state index contributed by atoms with van der Waals surface area (Å²) in [5.74, 6) is 1.44. The van der Waals surface area contributed by atoms with Crippen LogP contribution >= 0.6 is 0 Å². The van der Waals surface area contributed by atoms with Gasteiger partial charge < -0.3 is 15.0 Å². The van der Waals surface area contributed by atoms with Gasteiger partial charge in [0.1, 0.15) is 0 Å². The van der Waals surface area contributed by atoms with E-state index in [-0.39, 0.29) is 0 Å². The van der Waals surface area contributed by atoms with Gasteiger partial charge in [-0.1, -0.05) is 36.4 Å². The number of aromatic nitrogens is 6. The maximum absolute atomic E-state index is 6.33. The molecule has 0 radical (unpaired) electrons. The number of fused-ring (bicyclic) bond motifs is 1. The molecule has 8 nitrogen and oxygen atoms in total. The van der Waals surface area contributed by atoms with Gasteiger partial charge >= 0.3 is 0 Å². The number of unbranched alkanes of at least 4 members (excludes halogenated alkanes) is 1. The summed E-state index contributed by atoms with van der Waals surface area (Å²) in [5.41, 5.74) is 9.78. The fourth-order valence-corrected chi connectivity index (χ4v) is 3.79. The van der Waals surface area contributed by atoms with Gasteiger partial charge in [0.05, 0.1) is 13.2 Å². The molecule has 4 rings (SSSR count). The third-order valence-corrected chi connectivity index (χ3v) is 5.29. The highest BCUT2D eigenvalue weighted by molar-refractivity contribution is 5.84. The molecule has 0 atom stereocenters. The molecule has 170 valence electrons. The number of benzene rings is 1. The fraction of sp³-hybridized carbons (Fsp3) is 0.280. The van der Waals surface area contributed by atoms with E-state index in [2.05, 4.69) is 46.3 Å². The van der Waals surface area contributed by atoms with E-state index in [9.17, 15) is 0 Å². The quantitative estimate of drug-likeness (QED) is 0.272. The number of nitrogens with two attached hydrogens (primary N) is 1. The lowest BCUT2D eigenvalue weighted by Gasteiger charge is -2.11. The maximum atomic E-state index is 6.33. The Bertz CT molecular complexity index is 1270. The molecule has 0 fully saturated rings. The van der Waals surface area contributed by atoms with Crippen LogP contribution in [0.1, 0.15) is 30.9 Å². The normalized spacial score (nSPS) is 11.1. The van der Waals surface area contributed by atoms with E-state index < -0.39 is 0 Å². The highest BCUT2D eigenvalue weighted by Crippen LogP contribution is 2.27. The zero-order chi connectivity index (χ0) is 23.2. The standard InChI is InChI=1S/C25H29N7O/c1-4-7-8-14-31-15-13-27-24(31)22-29-21(26)20-23(30-22)32(25(28-20)33-6-3)17-19-12-9-11-18(16-19)10-5-2/h4-5,9,11-13,15-16H,1-2,6-8,10,14,17H2,3H3,(H2,26,29,30). The lowest BCUT2D eigenvalue weighted by atomic mass is 10.1. The number of anilines is 1. The Balaban J connectivity index is 1.78. The minimum atomic E-state index is 0.302. The Labute approximate surface area is 193 Å². The van der Waals surface area contributed by atoms with E-state index in [0.29, 0.717) is 47.8 Å². The third kappa shape index (κ3) is 4.79. The predicted molar refractivity (Wildman–Crippen MR) is 131 cm³/mol. The van der Waals surface area contributed by atoms with Gasteiger partial charge in [-0.05, 0) is 37.3 Å². The number of hydrogen-bond acceptors (Lipinski definition) is 6. The van der Waals surface area contributed by atoms with Crippen molar-refractivity contribution in [1.82, 2.24) is 29.1 Å². The first-order chi connectivity index (χ1) is 16.1. The molecule has 0 aliphatic rings. The molecule has 3 heterocycles. The number of allylic oxidation sites excluding steroid dienone is 2. The van der Waals surface area contributed by atoms with E-state index in [0.717, 1.165) is 31.4 Å². The zero-order valence-electron chi connectivity index (χ0n) is 18.9. The molecule has 2 N–H and O–H groups in total. The second-order valence-corrected chi connectivity index (χ2v) is 7.71. The average molecular weight is 444 g/mol. The van der Waals surface area contributed by atoms with Gasteiger partial charge in [0.2, 0.25) is 0 Å². The maximum Gasteiger partial charge on any atom is 0.299 e. The molecule has 0 aliphatic carbocycles. The molecular weight excluding hydrogens is 414 g/mol. The summed E-state index contributed by atoms with van der Waals surface area (Å²) in [6.07, 6.45) is 10.2. The molecule has 0 unspecified atom stereocenters. The van der Waals surface area contributed by atoms with Crippen LogP contribution < -0.4 is 10.5 Å². The Morgan fingerprint density at radius 2 is 1.97 bits per heavy atom. The number of aryl methyl sites for hydroxylation is 1. The van der Waals surface area contributed by atoms with Crippen LogP contribution in [0.3, 0.4) is 0 Å². The lowest BCUT2D eigenvalue weighted by molar-refractivity contribution is 0.301.